The van der Waals surface area contributed by atoms with Crippen molar-refractivity contribution in [1.82, 2.24) is 20.5 Å². The first-order chi connectivity index (χ1) is 12.2. The summed E-state index contributed by atoms with van der Waals surface area (Å²) in [5.41, 5.74) is 0.844. The number of furan rings is 1. The second-order valence-electron chi connectivity index (χ2n) is 6.46. The van der Waals surface area contributed by atoms with Gasteiger partial charge in [-0.05, 0) is 57.1 Å². The van der Waals surface area contributed by atoms with Gasteiger partial charge in [-0.3, -0.25) is 9.88 Å². The molecule has 2 amide bonds. The molecule has 2 aromatic rings. The summed E-state index contributed by atoms with van der Waals surface area (Å²) >= 11 is 0. The van der Waals surface area contributed by atoms with E-state index in [1.54, 1.807) is 12.5 Å². The lowest BCUT2D eigenvalue weighted by Crippen LogP contribution is -2.44. The van der Waals surface area contributed by atoms with Crippen molar-refractivity contribution in [2.75, 3.05) is 19.6 Å². The monoisotopic (exact) mass is 342 g/mol. The van der Waals surface area contributed by atoms with Gasteiger partial charge in [0.2, 0.25) is 0 Å². The summed E-state index contributed by atoms with van der Waals surface area (Å²) in [6, 6.07) is 9.32. The van der Waals surface area contributed by atoms with E-state index in [1.807, 2.05) is 37.3 Å². The van der Waals surface area contributed by atoms with Crippen molar-refractivity contribution in [2.45, 2.75) is 38.3 Å². The molecule has 1 aliphatic heterocycles. The van der Waals surface area contributed by atoms with Crippen molar-refractivity contribution >= 4 is 6.03 Å². The molecular weight excluding hydrogens is 316 g/mol. The van der Waals surface area contributed by atoms with Crippen molar-refractivity contribution in [3.05, 3.63) is 54.2 Å². The van der Waals surface area contributed by atoms with E-state index in [9.17, 15) is 4.79 Å². The molecule has 0 radical (unpaired) electrons. The van der Waals surface area contributed by atoms with E-state index in [-0.39, 0.29) is 18.1 Å². The number of aromatic nitrogens is 1. The van der Waals surface area contributed by atoms with E-state index < -0.39 is 0 Å². The SMILES string of the molecule is C[C@@H](NC(=O)NC[C@@H](c1ccco1)N1CCCCC1)c1ccccn1. The molecule has 3 rings (SSSR count). The van der Waals surface area contributed by atoms with Crippen molar-refractivity contribution in [1.29, 1.82) is 0 Å². The normalized spacial score (nSPS) is 17.6. The van der Waals surface area contributed by atoms with Gasteiger partial charge in [-0.1, -0.05) is 12.5 Å². The second kappa shape index (κ2) is 8.67. The largest absolute Gasteiger partial charge is 0.468 e. The zero-order valence-corrected chi connectivity index (χ0v) is 14.6. The summed E-state index contributed by atoms with van der Waals surface area (Å²) in [6.45, 7) is 4.53. The predicted octanol–water partition coefficient (Wildman–Crippen LogP) is 3.26. The minimum atomic E-state index is -0.188. The second-order valence-corrected chi connectivity index (χ2v) is 6.46. The first-order valence-electron chi connectivity index (χ1n) is 8.97. The molecule has 1 fully saturated rings. The van der Waals surface area contributed by atoms with Crippen LogP contribution >= 0.6 is 0 Å². The van der Waals surface area contributed by atoms with Crippen LogP contribution in [0.25, 0.3) is 0 Å². The van der Waals surface area contributed by atoms with Gasteiger partial charge in [-0.2, -0.15) is 0 Å². The number of pyridine rings is 1. The number of piperidine rings is 1. The molecule has 0 bridgehead atoms. The molecule has 25 heavy (non-hydrogen) atoms. The van der Waals surface area contributed by atoms with Crippen molar-refractivity contribution in [3.8, 4) is 0 Å². The van der Waals surface area contributed by atoms with Gasteiger partial charge in [-0.25, -0.2) is 4.79 Å². The van der Waals surface area contributed by atoms with E-state index in [0.29, 0.717) is 6.54 Å². The molecule has 0 aliphatic carbocycles. The summed E-state index contributed by atoms with van der Waals surface area (Å²) in [6.07, 6.45) is 7.08. The molecule has 1 aliphatic rings. The highest BCUT2D eigenvalue weighted by Gasteiger charge is 2.25. The Labute approximate surface area is 148 Å². The molecule has 6 nitrogen and oxygen atoms in total. The number of rotatable bonds is 6. The molecule has 1 saturated heterocycles. The molecule has 2 aromatic heterocycles. The number of hydrogen-bond donors (Lipinski definition) is 2. The smallest absolute Gasteiger partial charge is 0.315 e. The zero-order valence-electron chi connectivity index (χ0n) is 14.6. The summed E-state index contributed by atoms with van der Waals surface area (Å²) in [5, 5.41) is 5.93. The molecule has 6 heteroatoms. The van der Waals surface area contributed by atoms with Crippen molar-refractivity contribution in [2.24, 2.45) is 0 Å². The fourth-order valence-electron chi connectivity index (χ4n) is 3.26. The Balaban J connectivity index is 1.56. The number of likely N-dealkylation sites (tertiary alicyclic amines) is 1. The fraction of sp³-hybridized carbons (Fsp3) is 0.474. The lowest BCUT2D eigenvalue weighted by Gasteiger charge is -2.33. The summed E-state index contributed by atoms with van der Waals surface area (Å²) in [7, 11) is 0. The van der Waals surface area contributed by atoms with Crippen LogP contribution < -0.4 is 10.6 Å². The number of urea groups is 1. The third kappa shape index (κ3) is 4.82. The number of nitrogens with zero attached hydrogens (tertiary/aromatic N) is 2. The third-order valence-electron chi connectivity index (χ3n) is 4.64. The van der Waals surface area contributed by atoms with Crippen LogP contribution in [0.2, 0.25) is 0 Å². The van der Waals surface area contributed by atoms with Crippen LogP contribution in [0.1, 0.15) is 49.7 Å². The van der Waals surface area contributed by atoms with Gasteiger partial charge in [0.15, 0.2) is 0 Å². The van der Waals surface area contributed by atoms with Crippen LogP contribution in [0.5, 0.6) is 0 Å². The van der Waals surface area contributed by atoms with E-state index in [4.69, 9.17) is 4.42 Å². The average Bonchev–Trinajstić information content (AvgIpc) is 3.18. The molecule has 134 valence electrons. The van der Waals surface area contributed by atoms with Gasteiger partial charge in [-0.15, -0.1) is 0 Å². The van der Waals surface area contributed by atoms with E-state index >= 15 is 0 Å². The third-order valence-corrected chi connectivity index (χ3v) is 4.64. The Morgan fingerprint density at radius 3 is 2.76 bits per heavy atom. The first-order valence-corrected chi connectivity index (χ1v) is 8.97. The van der Waals surface area contributed by atoms with Crippen LogP contribution in [0.15, 0.2) is 47.2 Å². The number of carbonyl (C=O) groups is 1. The molecule has 3 heterocycles. The average molecular weight is 342 g/mol. The lowest BCUT2D eigenvalue weighted by molar-refractivity contribution is 0.143. The lowest BCUT2D eigenvalue weighted by atomic mass is 10.1. The van der Waals surface area contributed by atoms with E-state index in [0.717, 1.165) is 24.5 Å². The van der Waals surface area contributed by atoms with Crippen molar-refractivity contribution in [3.63, 3.8) is 0 Å². The number of carbonyl (C=O) groups excluding carboxylic acids is 1. The highest BCUT2D eigenvalue weighted by molar-refractivity contribution is 5.74. The van der Waals surface area contributed by atoms with Gasteiger partial charge >= 0.3 is 6.03 Å². The van der Waals surface area contributed by atoms with Crippen LogP contribution in [0, 0.1) is 0 Å². The maximum Gasteiger partial charge on any atom is 0.315 e. The van der Waals surface area contributed by atoms with Gasteiger partial charge in [0.05, 0.1) is 24.0 Å². The van der Waals surface area contributed by atoms with Crippen LogP contribution in [0.4, 0.5) is 4.79 Å². The first kappa shape index (κ1) is 17.5. The van der Waals surface area contributed by atoms with E-state index in [2.05, 4.69) is 20.5 Å². The summed E-state index contributed by atoms with van der Waals surface area (Å²) < 4.78 is 5.61. The summed E-state index contributed by atoms with van der Waals surface area (Å²) in [5.74, 6) is 0.903. The number of amides is 2. The van der Waals surface area contributed by atoms with E-state index in [1.165, 1.54) is 19.3 Å². The number of hydrogen-bond acceptors (Lipinski definition) is 4. The Hall–Kier alpha value is -2.34. The summed E-state index contributed by atoms with van der Waals surface area (Å²) in [4.78, 5) is 19.0. The van der Waals surface area contributed by atoms with Gasteiger partial charge in [0.25, 0.3) is 0 Å². The van der Waals surface area contributed by atoms with Crippen molar-refractivity contribution < 1.29 is 9.21 Å². The Morgan fingerprint density at radius 1 is 1.24 bits per heavy atom. The maximum atomic E-state index is 12.3. The number of nitrogens with one attached hydrogen (secondary N) is 2. The van der Waals surface area contributed by atoms with Crippen LogP contribution in [-0.2, 0) is 0 Å². The van der Waals surface area contributed by atoms with Gasteiger partial charge in [0, 0.05) is 12.7 Å². The van der Waals surface area contributed by atoms with Gasteiger partial charge < -0.3 is 15.1 Å². The van der Waals surface area contributed by atoms with Crippen LogP contribution in [-0.4, -0.2) is 35.5 Å². The molecule has 2 N–H and O–H groups in total. The fourth-order valence-corrected chi connectivity index (χ4v) is 3.26. The molecular formula is C19H26N4O2. The Bertz CT molecular complexity index is 639. The molecule has 0 unspecified atom stereocenters. The minimum absolute atomic E-state index is 0.0752. The quantitative estimate of drug-likeness (QED) is 0.845. The Morgan fingerprint density at radius 2 is 2.08 bits per heavy atom. The zero-order chi connectivity index (χ0) is 17.5. The van der Waals surface area contributed by atoms with Gasteiger partial charge in [0.1, 0.15) is 5.76 Å². The molecule has 2 atom stereocenters. The topological polar surface area (TPSA) is 70.4 Å². The Kier molecular flexibility index (Phi) is 6.06. The van der Waals surface area contributed by atoms with Crippen LogP contribution in [0.3, 0.4) is 0 Å². The molecule has 0 spiro atoms. The molecule has 0 aromatic carbocycles. The predicted molar refractivity (Wildman–Crippen MR) is 96.1 cm³/mol. The maximum absolute atomic E-state index is 12.3. The molecule has 0 saturated carbocycles. The highest BCUT2D eigenvalue weighted by Crippen LogP contribution is 2.24. The standard InChI is InChI=1S/C19H26N4O2/c1-15(16-8-3-4-10-20-16)22-19(24)21-14-17(18-9-7-13-25-18)23-11-5-2-6-12-23/h3-4,7-10,13,15,17H,2,5-6,11-12,14H2,1H3,(H2,21,22,24)/t15-,17+/m1/s1. The minimum Gasteiger partial charge on any atom is -0.468 e. The highest BCUT2D eigenvalue weighted by atomic mass is 16.3.